The van der Waals surface area contributed by atoms with Crippen molar-refractivity contribution < 1.29 is 14.3 Å². The molecule has 1 aliphatic heterocycles. The van der Waals surface area contributed by atoms with Crippen molar-refractivity contribution in [3.8, 4) is 0 Å². The van der Waals surface area contributed by atoms with Crippen LogP contribution >= 0.6 is 0 Å². The highest BCUT2D eigenvalue weighted by molar-refractivity contribution is 6.18. The number of ether oxygens (including phenoxy) is 1. The topological polar surface area (TPSA) is 46.6 Å². The number of Topliss-reactive ketones (excluding diaryl/α,β-unsaturated/α-hetero) is 1. The standard InChI is InChI=1S/C17H23NO3/c1-5-18(6-2)13-8-7-12-9-14(16(19)11(3)4)17(20)21-15(12)10-13/h7-12,15H,5-6H2,1-4H3. The molecule has 0 aromatic rings. The molecule has 0 saturated heterocycles. The van der Waals surface area contributed by atoms with E-state index in [9.17, 15) is 9.59 Å². The Hall–Kier alpha value is -1.84. The Morgan fingerprint density at radius 3 is 2.52 bits per heavy atom. The normalized spacial score (nSPS) is 24.1. The lowest BCUT2D eigenvalue weighted by Crippen LogP contribution is -2.35. The van der Waals surface area contributed by atoms with Crippen LogP contribution in [0, 0.1) is 11.8 Å². The number of ketones is 1. The second-order valence-electron chi connectivity index (χ2n) is 5.67. The Labute approximate surface area is 126 Å². The van der Waals surface area contributed by atoms with Gasteiger partial charge in [-0.25, -0.2) is 4.79 Å². The van der Waals surface area contributed by atoms with Crippen molar-refractivity contribution in [3.05, 3.63) is 35.6 Å². The summed E-state index contributed by atoms with van der Waals surface area (Å²) >= 11 is 0. The lowest BCUT2D eigenvalue weighted by atomic mass is 9.88. The van der Waals surface area contributed by atoms with E-state index in [-0.39, 0.29) is 29.3 Å². The van der Waals surface area contributed by atoms with Gasteiger partial charge in [-0.05, 0) is 26.0 Å². The Kier molecular flexibility index (Phi) is 4.66. The summed E-state index contributed by atoms with van der Waals surface area (Å²) < 4.78 is 5.46. The molecule has 0 amide bonds. The highest BCUT2D eigenvalue weighted by atomic mass is 16.5. The third kappa shape index (κ3) is 3.09. The highest BCUT2D eigenvalue weighted by Gasteiger charge is 2.34. The lowest BCUT2D eigenvalue weighted by Gasteiger charge is -2.32. The SMILES string of the molecule is CCN(CC)C1=CC2OC(=O)C(C(=O)C(C)C)=CC2C=C1. The van der Waals surface area contributed by atoms with Crippen LogP contribution < -0.4 is 0 Å². The zero-order valence-electron chi connectivity index (χ0n) is 13.1. The minimum atomic E-state index is -0.500. The molecule has 0 radical (unpaired) electrons. The molecule has 1 heterocycles. The van der Waals surface area contributed by atoms with Gasteiger partial charge in [0.1, 0.15) is 6.10 Å². The Morgan fingerprint density at radius 2 is 1.95 bits per heavy atom. The van der Waals surface area contributed by atoms with Crippen molar-refractivity contribution in [2.75, 3.05) is 13.1 Å². The molecule has 114 valence electrons. The quantitative estimate of drug-likeness (QED) is 0.576. The molecule has 0 fully saturated rings. The van der Waals surface area contributed by atoms with E-state index in [1.165, 1.54) is 0 Å². The summed E-state index contributed by atoms with van der Waals surface area (Å²) in [5.74, 6) is -0.889. The van der Waals surface area contributed by atoms with Crippen molar-refractivity contribution >= 4 is 11.8 Å². The van der Waals surface area contributed by atoms with Crippen molar-refractivity contribution in [1.82, 2.24) is 4.90 Å². The first kappa shape index (κ1) is 15.5. The molecule has 0 aromatic heterocycles. The average Bonchev–Trinajstić information content (AvgIpc) is 2.46. The van der Waals surface area contributed by atoms with E-state index >= 15 is 0 Å². The van der Waals surface area contributed by atoms with E-state index in [2.05, 4.69) is 18.7 Å². The summed E-state index contributed by atoms with van der Waals surface area (Å²) in [4.78, 5) is 26.3. The van der Waals surface area contributed by atoms with Gasteiger partial charge < -0.3 is 9.64 Å². The summed E-state index contributed by atoms with van der Waals surface area (Å²) in [6, 6.07) is 0. The van der Waals surface area contributed by atoms with Crippen LogP contribution in [0.4, 0.5) is 0 Å². The van der Waals surface area contributed by atoms with Crippen LogP contribution in [0.2, 0.25) is 0 Å². The first-order chi connectivity index (χ1) is 9.97. The molecular formula is C17H23NO3. The van der Waals surface area contributed by atoms with Crippen molar-refractivity contribution in [1.29, 1.82) is 0 Å². The fourth-order valence-electron chi connectivity index (χ4n) is 2.66. The summed E-state index contributed by atoms with van der Waals surface area (Å²) in [6.07, 6.45) is 7.48. The molecule has 1 aliphatic carbocycles. The molecule has 0 spiro atoms. The number of carbonyl (C=O) groups is 2. The molecule has 0 bridgehead atoms. The van der Waals surface area contributed by atoms with Gasteiger partial charge in [0, 0.05) is 30.6 Å². The smallest absolute Gasteiger partial charge is 0.342 e. The van der Waals surface area contributed by atoms with Gasteiger partial charge in [-0.3, -0.25) is 4.79 Å². The van der Waals surface area contributed by atoms with Gasteiger partial charge in [-0.15, -0.1) is 0 Å². The van der Waals surface area contributed by atoms with Crippen molar-refractivity contribution in [2.24, 2.45) is 11.8 Å². The first-order valence-corrected chi connectivity index (χ1v) is 7.59. The van der Waals surface area contributed by atoms with E-state index in [4.69, 9.17) is 4.74 Å². The molecule has 0 N–H and O–H groups in total. The maximum atomic E-state index is 12.0. The van der Waals surface area contributed by atoms with Gasteiger partial charge in [0.2, 0.25) is 0 Å². The zero-order valence-corrected chi connectivity index (χ0v) is 13.1. The molecule has 0 aromatic carbocycles. The second-order valence-corrected chi connectivity index (χ2v) is 5.67. The molecule has 21 heavy (non-hydrogen) atoms. The molecule has 4 nitrogen and oxygen atoms in total. The number of allylic oxidation sites excluding steroid dienone is 1. The van der Waals surface area contributed by atoms with E-state index in [0.29, 0.717) is 0 Å². The first-order valence-electron chi connectivity index (χ1n) is 7.59. The largest absolute Gasteiger partial charge is 0.453 e. The molecule has 2 aliphatic rings. The van der Waals surface area contributed by atoms with Crippen LogP contribution in [-0.4, -0.2) is 35.8 Å². The van der Waals surface area contributed by atoms with E-state index < -0.39 is 5.97 Å². The highest BCUT2D eigenvalue weighted by Crippen LogP contribution is 2.29. The van der Waals surface area contributed by atoms with Crippen LogP contribution in [-0.2, 0) is 14.3 Å². The summed E-state index contributed by atoms with van der Waals surface area (Å²) in [6.45, 7) is 9.58. The lowest BCUT2D eigenvalue weighted by molar-refractivity contribution is -0.146. The minimum absolute atomic E-state index is 0.0419. The maximum absolute atomic E-state index is 12.0. The van der Waals surface area contributed by atoms with Crippen molar-refractivity contribution in [2.45, 2.75) is 33.8 Å². The van der Waals surface area contributed by atoms with Crippen molar-refractivity contribution in [3.63, 3.8) is 0 Å². The molecular weight excluding hydrogens is 266 g/mol. The monoisotopic (exact) mass is 289 g/mol. The predicted octanol–water partition coefficient (Wildman–Crippen LogP) is 2.48. The third-order valence-corrected chi connectivity index (χ3v) is 3.94. The molecule has 2 unspecified atom stereocenters. The number of nitrogens with zero attached hydrogens (tertiary/aromatic N) is 1. The number of hydrogen-bond acceptors (Lipinski definition) is 4. The number of hydrogen-bond donors (Lipinski definition) is 0. The molecule has 2 rings (SSSR count). The van der Waals surface area contributed by atoms with E-state index in [1.807, 2.05) is 18.2 Å². The Bertz CT molecular complexity index is 524. The van der Waals surface area contributed by atoms with E-state index in [1.54, 1.807) is 19.9 Å². The number of fused-ring (bicyclic) bond motifs is 1. The van der Waals surface area contributed by atoms with Gasteiger partial charge in [0.25, 0.3) is 0 Å². The second kappa shape index (κ2) is 6.29. The summed E-state index contributed by atoms with van der Waals surface area (Å²) in [7, 11) is 0. The maximum Gasteiger partial charge on any atom is 0.342 e. The Balaban J connectivity index is 2.24. The number of rotatable bonds is 5. The van der Waals surface area contributed by atoms with Crippen LogP contribution in [0.5, 0.6) is 0 Å². The van der Waals surface area contributed by atoms with Gasteiger partial charge in [0.05, 0.1) is 5.57 Å². The van der Waals surface area contributed by atoms with Crippen LogP contribution in [0.1, 0.15) is 27.7 Å². The molecule has 0 saturated carbocycles. The number of esters is 1. The Morgan fingerprint density at radius 1 is 1.29 bits per heavy atom. The van der Waals surface area contributed by atoms with E-state index in [0.717, 1.165) is 18.8 Å². The summed E-state index contributed by atoms with van der Waals surface area (Å²) in [5.41, 5.74) is 1.26. The van der Waals surface area contributed by atoms with Gasteiger partial charge in [-0.1, -0.05) is 26.0 Å². The number of carbonyl (C=O) groups excluding carboxylic acids is 2. The molecule has 2 atom stereocenters. The van der Waals surface area contributed by atoms with Gasteiger partial charge in [-0.2, -0.15) is 0 Å². The summed E-state index contributed by atoms with van der Waals surface area (Å²) in [5, 5.41) is 0. The third-order valence-electron chi connectivity index (χ3n) is 3.94. The predicted molar refractivity (Wildman–Crippen MR) is 81.4 cm³/mol. The fourth-order valence-corrected chi connectivity index (χ4v) is 2.66. The minimum Gasteiger partial charge on any atom is -0.453 e. The van der Waals surface area contributed by atoms with Crippen LogP contribution in [0.3, 0.4) is 0 Å². The van der Waals surface area contributed by atoms with Gasteiger partial charge >= 0.3 is 5.97 Å². The fraction of sp³-hybridized carbons (Fsp3) is 0.529. The van der Waals surface area contributed by atoms with Gasteiger partial charge in [0.15, 0.2) is 5.78 Å². The molecule has 4 heteroatoms. The van der Waals surface area contributed by atoms with Crippen LogP contribution in [0.25, 0.3) is 0 Å². The average molecular weight is 289 g/mol. The van der Waals surface area contributed by atoms with Crippen LogP contribution in [0.15, 0.2) is 35.6 Å². The number of likely N-dealkylation sites (N-methyl/N-ethyl adjacent to an activating group) is 1. The zero-order chi connectivity index (χ0) is 15.6.